The van der Waals surface area contributed by atoms with E-state index in [0.717, 1.165) is 41.7 Å². The summed E-state index contributed by atoms with van der Waals surface area (Å²) in [6.07, 6.45) is 3.73. The predicted octanol–water partition coefficient (Wildman–Crippen LogP) is 3.71. The summed E-state index contributed by atoms with van der Waals surface area (Å²) in [7, 11) is 0. The van der Waals surface area contributed by atoms with Gasteiger partial charge in [-0.3, -0.25) is 4.79 Å². The fourth-order valence-corrected chi connectivity index (χ4v) is 5.71. The number of imidazole rings is 1. The van der Waals surface area contributed by atoms with Crippen LogP contribution in [0.4, 0.5) is 5.69 Å². The van der Waals surface area contributed by atoms with Crippen molar-refractivity contribution in [2.45, 2.75) is 37.9 Å². The Labute approximate surface area is 209 Å². The second kappa shape index (κ2) is 9.74. The minimum atomic E-state index is -0.226. The summed E-state index contributed by atoms with van der Waals surface area (Å²) in [6.45, 7) is 4.82. The molecule has 2 aromatic carbocycles. The Kier molecular flexibility index (Phi) is 6.71. The van der Waals surface area contributed by atoms with E-state index >= 15 is 0 Å². The molecule has 3 heterocycles. The Balaban J connectivity index is 1.39. The number of nitrogens with one attached hydrogen (secondary N) is 1. The summed E-state index contributed by atoms with van der Waals surface area (Å²) in [6, 6.07) is 11.4. The Bertz CT molecular complexity index is 1190. The lowest BCUT2D eigenvalue weighted by Gasteiger charge is -2.42. The Morgan fingerprint density at radius 2 is 2.09 bits per heavy atom. The van der Waals surface area contributed by atoms with Crippen LogP contribution < -0.4 is 10.2 Å². The number of hydrogen-bond donors (Lipinski definition) is 2. The number of rotatable bonds is 5. The van der Waals surface area contributed by atoms with Crippen LogP contribution in [0.5, 0.6) is 0 Å². The van der Waals surface area contributed by atoms with E-state index in [0.29, 0.717) is 29.7 Å². The molecule has 2 N–H and O–H groups in total. The summed E-state index contributed by atoms with van der Waals surface area (Å²) in [4.78, 5) is 21.6. The molecule has 0 radical (unpaired) electrons. The summed E-state index contributed by atoms with van der Waals surface area (Å²) in [5.74, 6) is 0.110. The summed E-state index contributed by atoms with van der Waals surface area (Å²) >= 11 is 12.6. The molecular formula is C25H29Cl2N5O2. The van der Waals surface area contributed by atoms with Crippen molar-refractivity contribution in [2.24, 2.45) is 0 Å². The second-order valence-electron chi connectivity index (χ2n) is 9.13. The molecule has 3 aromatic rings. The van der Waals surface area contributed by atoms with Crippen LogP contribution in [0, 0.1) is 0 Å². The van der Waals surface area contributed by atoms with E-state index in [2.05, 4.69) is 38.8 Å². The first-order chi connectivity index (χ1) is 16.5. The lowest BCUT2D eigenvalue weighted by Crippen LogP contribution is -2.59. The van der Waals surface area contributed by atoms with Crippen LogP contribution in [-0.2, 0) is 4.79 Å². The van der Waals surface area contributed by atoms with Crippen LogP contribution in [0.1, 0.15) is 31.4 Å². The van der Waals surface area contributed by atoms with Crippen molar-refractivity contribution in [3.63, 3.8) is 0 Å². The molecule has 1 aromatic heterocycles. The third-order valence-electron chi connectivity index (χ3n) is 7.09. The Morgan fingerprint density at radius 3 is 2.82 bits per heavy atom. The highest BCUT2D eigenvalue weighted by Gasteiger charge is 2.35. The second-order valence-corrected chi connectivity index (χ2v) is 9.97. The molecule has 3 atom stereocenters. The molecule has 5 rings (SSSR count). The number of carbonyl (C=O) groups excluding carboxylic acids is 1. The molecule has 1 unspecified atom stereocenters. The maximum absolute atomic E-state index is 13.0. The molecular weight excluding hydrogens is 473 g/mol. The zero-order valence-corrected chi connectivity index (χ0v) is 20.6. The molecule has 0 saturated carbocycles. The number of piperazine rings is 1. The van der Waals surface area contributed by atoms with Gasteiger partial charge in [0.15, 0.2) is 0 Å². The Hall–Kier alpha value is -2.32. The zero-order valence-electron chi connectivity index (χ0n) is 19.1. The van der Waals surface area contributed by atoms with Crippen molar-refractivity contribution >= 4 is 45.8 Å². The first-order valence-corrected chi connectivity index (χ1v) is 12.5. The van der Waals surface area contributed by atoms with Gasteiger partial charge < -0.3 is 24.8 Å². The monoisotopic (exact) mass is 501 g/mol. The van der Waals surface area contributed by atoms with E-state index in [4.69, 9.17) is 23.2 Å². The average molecular weight is 502 g/mol. The maximum Gasteiger partial charge on any atom is 0.240 e. The number of aliphatic hydroxyl groups is 1. The summed E-state index contributed by atoms with van der Waals surface area (Å²) in [5, 5.41) is 14.6. The highest BCUT2D eigenvalue weighted by Crippen LogP contribution is 2.32. The van der Waals surface area contributed by atoms with E-state index in [1.165, 1.54) is 0 Å². The molecule has 0 aliphatic carbocycles. The quantitative estimate of drug-likeness (QED) is 0.557. The van der Waals surface area contributed by atoms with Gasteiger partial charge in [0, 0.05) is 35.4 Å². The third-order valence-corrected chi connectivity index (χ3v) is 7.65. The fraction of sp³-hybridized carbons (Fsp3) is 0.440. The van der Waals surface area contributed by atoms with Crippen molar-refractivity contribution in [3.8, 4) is 0 Å². The zero-order chi connectivity index (χ0) is 23.8. The number of anilines is 1. The molecule has 2 fully saturated rings. The maximum atomic E-state index is 13.0. The first-order valence-electron chi connectivity index (χ1n) is 11.8. The molecule has 180 valence electrons. The van der Waals surface area contributed by atoms with Crippen molar-refractivity contribution in [2.75, 3.05) is 37.7 Å². The van der Waals surface area contributed by atoms with Crippen LogP contribution >= 0.6 is 23.2 Å². The molecule has 7 nitrogen and oxygen atoms in total. The normalized spacial score (nSPS) is 21.9. The molecule has 1 amide bonds. The molecule has 2 aliphatic rings. The molecule has 0 spiro atoms. The van der Waals surface area contributed by atoms with Crippen molar-refractivity contribution in [1.29, 1.82) is 0 Å². The van der Waals surface area contributed by atoms with E-state index in [9.17, 15) is 9.90 Å². The minimum Gasteiger partial charge on any atom is -0.394 e. The smallest absolute Gasteiger partial charge is 0.240 e. The largest absolute Gasteiger partial charge is 0.394 e. The van der Waals surface area contributed by atoms with Crippen LogP contribution in [0.25, 0.3) is 11.0 Å². The van der Waals surface area contributed by atoms with Crippen LogP contribution in [0.3, 0.4) is 0 Å². The first kappa shape index (κ1) is 23.4. The molecule has 0 bridgehead atoms. The highest BCUT2D eigenvalue weighted by atomic mass is 35.5. The number of carbonyl (C=O) groups is 1. The van der Waals surface area contributed by atoms with Gasteiger partial charge in [0.1, 0.15) is 0 Å². The van der Waals surface area contributed by atoms with E-state index in [1.807, 2.05) is 29.4 Å². The van der Waals surface area contributed by atoms with Crippen molar-refractivity contribution in [3.05, 3.63) is 58.3 Å². The van der Waals surface area contributed by atoms with Crippen LogP contribution in [0.2, 0.25) is 10.0 Å². The minimum absolute atomic E-state index is 0.0245. The molecule has 9 heteroatoms. The summed E-state index contributed by atoms with van der Waals surface area (Å²) in [5.41, 5.74) is 3.93. The highest BCUT2D eigenvalue weighted by molar-refractivity contribution is 6.35. The summed E-state index contributed by atoms with van der Waals surface area (Å²) < 4.78 is 2.11. The van der Waals surface area contributed by atoms with Gasteiger partial charge in [0.05, 0.1) is 42.1 Å². The number of aromatic nitrogens is 2. The van der Waals surface area contributed by atoms with Crippen LogP contribution in [0.15, 0.2) is 42.7 Å². The van der Waals surface area contributed by atoms with Gasteiger partial charge in [-0.05, 0) is 62.2 Å². The average Bonchev–Trinajstić information content (AvgIpc) is 3.53. The molecule has 2 aliphatic heterocycles. The Morgan fingerprint density at radius 1 is 1.24 bits per heavy atom. The van der Waals surface area contributed by atoms with Gasteiger partial charge in [-0.15, -0.1) is 0 Å². The number of hydrogen-bond acceptors (Lipinski definition) is 5. The number of halogens is 2. The van der Waals surface area contributed by atoms with Crippen molar-refractivity contribution in [1.82, 2.24) is 19.8 Å². The SMILES string of the molecule is CC(c1ccc(Cl)cc1Cl)n1cnc2ccc(N3CCN(C(=O)[C@H]4CCCN4)[C@H](CO)C3)cc21. The van der Waals surface area contributed by atoms with Gasteiger partial charge in [0.2, 0.25) is 5.91 Å². The predicted molar refractivity (Wildman–Crippen MR) is 136 cm³/mol. The molecule has 34 heavy (non-hydrogen) atoms. The lowest BCUT2D eigenvalue weighted by molar-refractivity contribution is -0.136. The third kappa shape index (κ3) is 4.38. The molecule has 2 saturated heterocycles. The number of benzene rings is 2. The number of nitrogens with zero attached hydrogens (tertiary/aromatic N) is 4. The number of fused-ring (bicyclic) bond motifs is 1. The number of aliphatic hydroxyl groups excluding tert-OH is 1. The number of amides is 1. The van der Waals surface area contributed by atoms with Gasteiger partial charge in [-0.25, -0.2) is 4.98 Å². The van der Waals surface area contributed by atoms with E-state index < -0.39 is 0 Å². The van der Waals surface area contributed by atoms with Gasteiger partial charge in [0.25, 0.3) is 0 Å². The van der Waals surface area contributed by atoms with Crippen LogP contribution in [-0.4, -0.2) is 70.3 Å². The topological polar surface area (TPSA) is 73.6 Å². The van der Waals surface area contributed by atoms with E-state index in [-0.39, 0.29) is 30.6 Å². The standard InChI is InChI=1S/C25H29Cl2N5O2/c1-16(20-6-4-17(26)11-21(20)27)32-15-29-22-7-5-18(12-24(22)32)30-9-10-31(19(13-30)14-33)25(34)23-3-2-8-28-23/h4-7,11-12,15-16,19,23,28,33H,2-3,8-10,13-14H2,1H3/t16?,19-,23+/m0/s1. The van der Waals surface area contributed by atoms with Crippen molar-refractivity contribution < 1.29 is 9.90 Å². The lowest BCUT2D eigenvalue weighted by atomic mass is 10.1. The fourth-order valence-electron chi connectivity index (χ4n) is 5.14. The van der Waals surface area contributed by atoms with E-state index in [1.54, 1.807) is 6.07 Å². The van der Waals surface area contributed by atoms with Gasteiger partial charge in [-0.1, -0.05) is 29.3 Å². The van der Waals surface area contributed by atoms with Gasteiger partial charge >= 0.3 is 0 Å². The van der Waals surface area contributed by atoms with Gasteiger partial charge in [-0.2, -0.15) is 0 Å².